The fourth-order valence-electron chi connectivity index (χ4n) is 3.09. The molecule has 3 atom stereocenters. The van der Waals surface area contributed by atoms with Crippen molar-refractivity contribution in [3.05, 3.63) is 49.8 Å². The lowest BCUT2D eigenvalue weighted by molar-refractivity contribution is -0.139. The van der Waals surface area contributed by atoms with Crippen molar-refractivity contribution in [2.24, 2.45) is 5.73 Å². The zero-order valence-corrected chi connectivity index (χ0v) is 20.6. The Balaban J connectivity index is 1.66. The molecule has 0 aromatic carbocycles. The van der Waals surface area contributed by atoms with Gasteiger partial charge in [-0.1, -0.05) is 28.5 Å². The number of nitrogens with zero attached hydrogens (tertiary/aromatic N) is 1. The topological polar surface area (TPSA) is 191 Å². The van der Waals surface area contributed by atoms with E-state index in [1.54, 1.807) is 25.3 Å². The third-order valence-electron chi connectivity index (χ3n) is 4.92. The van der Waals surface area contributed by atoms with Gasteiger partial charge in [0.25, 0.3) is 11.5 Å². The maximum atomic E-state index is 12.7. The Morgan fingerprint density at radius 1 is 1.21 bits per heavy atom. The van der Waals surface area contributed by atoms with E-state index in [9.17, 15) is 24.3 Å². The maximum Gasteiger partial charge on any atom is 0.327 e. The van der Waals surface area contributed by atoms with Crippen molar-refractivity contribution in [1.82, 2.24) is 20.3 Å². The van der Waals surface area contributed by atoms with Crippen LogP contribution in [0, 0.1) is 6.92 Å². The van der Waals surface area contributed by atoms with Gasteiger partial charge >= 0.3 is 11.9 Å². The van der Waals surface area contributed by atoms with Gasteiger partial charge in [0.05, 0.1) is 10.3 Å². The number of hydrogen-bond donors (Lipinski definition) is 6. The number of nitrogens with two attached hydrogens (primary N) is 1. The molecule has 1 unspecified atom stereocenters. The molecule has 34 heavy (non-hydrogen) atoms. The van der Waals surface area contributed by atoms with Gasteiger partial charge in [0, 0.05) is 28.5 Å². The molecule has 3 aromatic heterocycles. The Bertz CT molecular complexity index is 1270. The lowest BCUT2D eigenvalue weighted by Gasteiger charge is -2.13. The van der Waals surface area contributed by atoms with E-state index in [0.717, 1.165) is 32.0 Å². The molecule has 11 nitrogen and oxygen atoms in total. The molecule has 0 radical (unpaired) electrons. The molecule has 3 heterocycles. The summed E-state index contributed by atoms with van der Waals surface area (Å²) in [5.41, 5.74) is 6.40. The second kappa shape index (κ2) is 11.1. The van der Waals surface area contributed by atoms with Gasteiger partial charge in [-0.25, -0.2) is 9.78 Å². The molecule has 14 heteroatoms. The largest absolute Gasteiger partial charge is 0.480 e. The highest BCUT2D eigenvalue weighted by atomic mass is 33.1. The second-order valence-corrected chi connectivity index (χ2v) is 11.1. The number of carboxylic acid groups (broad SMARTS) is 2. The first kappa shape index (κ1) is 25.8. The van der Waals surface area contributed by atoms with E-state index < -0.39 is 29.9 Å². The van der Waals surface area contributed by atoms with Crippen LogP contribution >= 0.6 is 32.9 Å². The number of aromatic nitrogens is 3. The summed E-state index contributed by atoms with van der Waals surface area (Å²) >= 11 is 1.21. The Labute approximate surface area is 205 Å². The number of carboxylic acids is 2. The summed E-state index contributed by atoms with van der Waals surface area (Å²) in [6.45, 7) is 3.60. The van der Waals surface area contributed by atoms with E-state index in [0.29, 0.717) is 21.7 Å². The molecule has 0 spiro atoms. The molecule has 0 saturated heterocycles. The van der Waals surface area contributed by atoms with Crippen molar-refractivity contribution in [1.29, 1.82) is 0 Å². The maximum absolute atomic E-state index is 12.7. The van der Waals surface area contributed by atoms with Gasteiger partial charge in [-0.3, -0.25) is 14.4 Å². The average Bonchev–Trinajstić information content (AvgIpc) is 3.42. The van der Waals surface area contributed by atoms with Crippen LogP contribution in [0.1, 0.15) is 38.8 Å². The van der Waals surface area contributed by atoms with Crippen molar-refractivity contribution in [2.45, 2.75) is 31.8 Å². The van der Waals surface area contributed by atoms with Crippen LogP contribution in [-0.4, -0.2) is 66.6 Å². The van der Waals surface area contributed by atoms with Crippen molar-refractivity contribution < 1.29 is 24.6 Å². The number of aromatic amines is 2. The lowest BCUT2D eigenvalue weighted by Crippen LogP contribution is -2.42. The van der Waals surface area contributed by atoms with Gasteiger partial charge in [-0.15, -0.1) is 11.3 Å². The zero-order chi connectivity index (χ0) is 25.0. The molecular weight excluding hydrogens is 502 g/mol. The number of fused-ring (bicyclic) bond motifs is 1. The minimum atomic E-state index is -1.20. The summed E-state index contributed by atoms with van der Waals surface area (Å²) in [6, 6.07) is 1.18. The standard InChI is InChI=1S/C20H23N5O6S3/c1-8(10-5-22-16-15(10)18(27)24-9(2)23-16)13-3-4-14(34-13)17(26)25-12(20(30)31)7-33-32-6-11(21)19(28)29/h3-5,8,11-12H,6-7,21H2,1-2H3,(H,25,26)(H,28,29)(H,30,31)(H2,22,23,24,27)/t8?,11-,12-/m0/s1. The molecule has 0 bridgehead atoms. The van der Waals surface area contributed by atoms with Crippen molar-refractivity contribution in [3.63, 3.8) is 0 Å². The highest BCUT2D eigenvalue weighted by Gasteiger charge is 2.24. The number of carbonyl (C=O) groups excluding carboxylic acids is 1. The van der Waals surface area contributed by atoms with Gasteiger partial charge in [-0.05, 0) is 24.6 Å². The highest BCUT2D eigenvalue weighted by Crippen LogP contribution is 2.33. The van der Waals surface area contributed by atoms with E-state index in [2.05, 4.69) is 20.3 Å². The Morgan fingerprint density at radius 3 is 2.59 bits per heavy atom. The zero-order valence-electron chi connectivity index (χ0n) is 18.2. The molecule has 0 aliphatic rings. The summed E-state index contributed by atoms with van der Waals surface area (Å²) in [4.78, 5) is 58.5. The number of rotatable bonds is 11. The van der Waals surface area contributed by atoms with Crippen LogP contribution in [-0.2, 0) is 9.59 Å². The van der Waals surface area contributed by atoms with Crippen molar-refractivity contribution in [2.75, 3.05) is 11.5 Å². The molecule has 182 valence electrons. The smallest absolute Gasteiger partial charge is 0.327 e. The van der Waals surface area contributed by atoms with Crippen LogP contribution in [0.25, 0.3) is 11.0 Å². The number of nitrogens with one attached hydrogen (secondary N) is 3. The molecule has 1 amide bonds. The molecule has 3 aromatic rings. The summed E-state index contributed by atoms with van der Waals surface area (Å²) in [5, 5.41) is 21.2. The number of aliphatic carboxylic acids is 2. The number of thiophene rings is 1. The monoisotopic (exact) mass is 525 g/mol. The van der Waals surface area contributed by atoms with Crippen LogP contribution < -0.4 is 16.6 Å². The summed E-state index contributed by atoms with van der Waals surface area (Å²) in [5.74, 6) is -2.42. The minimum absolute atomic E-state index is 0.0389. The normalized spacial score (nSPS) is 14.0. The summed E-state index contributed by atoms with van der Waals surface area (Å²) in [7, 11) is 2.25. The van der Waals surface area contributed by atoms with Gasteiger partial charge in [0.2, 0.25) is 0 Å². The van der Waals surface area contributed by atoms with Gasteiger partial charge in [0.15, 0.2) is 0 Å². The van der Waals surface area contributed by atoms with Crippen LogP contribution in [0.3, 0.4) is 0 Å². The Morgan fingerprint density at radius 2 is 1.91 bits per heavy atom. The first-order valence-corrected chi connectivity index (χ1v) is 13.3. The predicted octanol–water partition coefficient (Wildman–Crippen LogP) is 1.75. The Hall–Kier alpha value is -2.81. The van der Waals surface area contributed by atoms with Crippen LogP contribution in [0.15, 0.2) is 23.1 Å². The third-order valence-corrected chi connectivity index (χ3v) is 8.64. The average molecular weight is 526 g/mol. The fraction of sp³-hybridized carbons (Fsp3) is 0.350. The van der Waals surface area contributed by atoms with E-state index in [-0.39, 0.29) is 23.0 Å². The van der Waals surface area contributed by atoms with Gasteiger partial charge in [-0.2, -0.15) is 0 Å². The van der Waals surface area contributed by atoms with Crippen LogP contribution in [0.2, 0.25) is 0 Å². The molecular formula is C20H23N5O6S3. The number of H-pyrrole nitrogens is 2. The fourth-order valence-corrected chi connectivity index (χ4v) is 6.34. The van der Waals surface area contributed by atoms with Gasteiger partial charge < -0.3 is 31.2 Å². The second-order valence-electron chi connectivity index (χ2n) is 7.42. The molecule has 7 N–H and O–H groups in total. The predicted molar refractivity (Wildman–Crippen MR) is 133 cm³/mol. The third kappa shape index (κ3) is 6.00. The molecule has 3 rings (SSSR count). The van der Waals surface area contributed by atoms with E-state index in [4.69, 9.17) is 10.8 Å². The molecule has 0 saturated carbocycles. The molecule has 0 fully saturated rings. The SMILES string of the molecule is Cc1nc2[nH]cc(C(C)c3ccc(C(=O)N[C@@H](CSSC[C@H](N)C(=O)O)C(=O)O)s3)c2c(=O)[nH]1. The Kier molecular flexibility index (Phi) is 8.41. The summed E-state index contributed by atoms with van der Waals surface area (Å²) < 4.78 is 0. The number of hydrogen-bond acceptors (Lipinski definition) is 9. The van der Waals surface area contributed by atoms with E-state index in [1.807, 2.05) is 6.92 Å². The van der Waals surface area contributed by atoms with E-state index in [1.165, 1.54) is 11.3 Å². The van der Waals surface area contributed by atoms with Crippen molar-refractivity contribution in [3.8, 4) is 0 Å². The molecule has 0 aliphatic heterocycles. The van der Waals surface area contributed by atoms with E-state index >= 15 is 0 Å². The number of amides is 1. The first-order chi connectivity index (χ1) is 16.1. The molecule has 0 aliphatic carbocycles. The minimum Gasteiger partial charge on any atom is -0.480 e. The first-order valence-electron chi connectivity index (χ1n) is 10.0. The lowest BCUT2D eigenvalue weighted by atomic mass is 10.0. The quantitative estimate of drug-likeness (QED) is 0.159. The summed E-state index contributed by atoms with van der Waals surface area (Å²) in [6.07, 6.45) is 1.72. The highest BCUT2D eigenvalue weighted by molar-refractivity contribution is 8.76. The number of aryl methyl sites for hydroxylation is 1. The number of carbonyl (C=O) groups is 3. The van der Waals surface area contributed by atoms with Crippen LogP contribution in [0.5, 0.6) is 0 Å². The van der Waals surface area contributed by atoms with Gasteiger partial charge in [0.1, 0.15) is 23.6 Å². The van der Waals surface area contributed by atoms with Crippen LogP contribution in [0.4, 0.5) is 0 Å². The van der Waals surface area contributed by atoms with Crippen molar-refractivity contribution >= 4 is 61.8 Å².